The van der Waals surface area contributed by atoms with Crippen molar-refractivity contribution in [2.45, 2.75) is 30.5 Å². The monoisotopic (exact) mass is 293 g/mol. The lowest BCUT2D eigenvalue weighted by atomic mass is 10.4. The molecule has 0 atom stereocenters. The van der Waals surface area contributed by atoms with Gasteiger partial charge in [-0.2, -0.15) is 0 Å². The Morgan fingerprint density at radius 2 is 2.11 bits per heavy atom. The van der Waals surface area contributed by atoms with E-state index in [4.69, 9.17) is 4.74 Å². The molecule has 0 radical (unpaired) electrons. The van der Waals surface area contributed by atoms with E-state index in [0.717, 1.165) is 30.7 Å². The third kappa shape index (κ3) is 4.87. The fourth-order valence-corrected chi connectivity index (χ4v) is 3.69. The Labute approximate surface area is 112 Å². The topological polar surface area (TPSA) is 81.2 Å². The van der Waals surface area contributed by atoms with Crippen LogP contribution in [0.2, 0.25) is 0 Å². The molecule has 104 valence electrons. The molecule has 0 fully saturated rings. The Kier molecular flexibility index (Phi) is 6.51. The molecule has 18 heavy (non-hydrogen) atoms. The number of rotatable bonds is 9. The first-order chi connectivity index (χ1) is 8.60. The molecule has 1 N–H and O–H groups in total. The van der Waals surface area contributed by atoms with Crippen molar-refractivity contribution in [3.05, 3.63) is 0 Å². The minimum atomic E-state index is -3.30. The summed E-state index contributed by atoms with van der Waals surface area (Å²) in [5.41, 5.74) is 0. The lowest BCUT2D eigenvalue weighted by Gasteiger charge is -2.00. The van der Waals surface area contributed by atoms with E-state index in [1.54, 1.807) is 7.11 Å². The molecule has 6 nitrogen and oxygen atoms in total. The van der Waals surface area contributed by atoms with E-state index in [0.29, 0.717) is 18.2 Å². The molecule has 0 spiro atoms. The summed E-state index contributed by atoms with van der Waals surface area (Å²) in [6.07, 6.45) is 2.27. The van der Waals surface area contributed by atoms with E-state index in [1.807, 2.05) is 6.92 Å². The number of methoxy groups -OCH3 is 1. The number of nitrogens with zero attached hydrogens (tertiary/aromatic N) is 2. The van der Waals surface area contributed by atoms with Crippen molar-refractivity contribution >= 4 is 26.3 Å². The van der Waals surface area contributed by atoms with Crippen LogP contribution in [0.3, 0.4) is 0 Å². The minimum Gasteiger partial charge on any atom is -0.385 e. The molecule has 0 amide bonds. The highest BCUT2D eigenvalue weighted by molar-refractivity contribution is 7.93. The lowest BCUT2D eigenvalue weighted by molar-refractivity contribution is 0.194. The van der Waals surface area contributed by atoms with Crippen molar-refractivity contribution in [1.29, 1.82) is 0 Å². The fraction of sp³-hybridized carbons (Fsp3) is 0.800. The lowest BCUT2D eigenvalue weighted by Crippen LogP contribution is -2.07. The van der Waals surface area contributed by atoms with Gasteiger partial charge in [-0.3, -0.25) is 0 Å². The molecule has 0 unspecified atom stereocenters. The second-order valence-corrected chi connectivity index (χ2v) is 7.08. The van der Waals surface area contributed by atoms with Crippen molar-refractivity contribution in [2.75, 3.05) is 31.3 Å². The van der Waals surface area contributed by atoms with Gasteiger partial charge in [-0.1, -0.05) is 18.3 Å². The van der Waals surface area contributed by atoms with Crippen molar-refractivity contribution in [3.63, 3.8) is 0 Å². The zero-order valence-corrected chi connectivity index (χ0v) is 12.3. The average Bonchev–Trinajstić information content (AvgIpc) is 2.81. The van der Waals surface area contributed by atoms with Gasteiger partial charge in [0.2, 0.25) is 19.3 Å². The molecular formula is C10H19N3O3S2. The number of anilines is 1. The summed E-state index contributed by atoms with van der Waals surface area (Å²) in [5, 5.41) is 11.1. The van der Waals surface area contributed by atoms with Gasteiger partial charge in [-0.05, 0) is 19.3 Å². The smallest absolute Gasteiger partial charge is 0.234 e. The SMILES string of the molecule is CCCNc1nnc(S(=O)(=O)CCCCOC)s1. The molecule has 1 heterocycles. The quantitative estimate of drug-likeness (QED) is 0.696. The number of unbranched alkanes of at least 4 members (excludes halogenated alkanes) is 1. The molecule has 0 aliphatic carbocycles. The molecule has 0 aromatic carbocycles. The third-order valence-corrected chi connectivity index (χ3v) is 5.34. The van der Waals surface area contributed by atoms with Gasteiger partial charge in [0.05, 0.1) is 5.75 Å². The average molecular weight is 293 g/mol. The number of nitrogens with one attached hydrogen (secondary N) is 1. The maximum Gasteiger partial charge on any atom is 0.234 e. The van der Waals surface area contributed by atoms with Crippen molar-refractivity contribution in [2.24, 2.45) is 0 Å². The molecule has 0 saturated carbocycles. The van der Waals surface area contributed by atoms with Gasteiger partial charge in [-0.15, -0.1) is 10.2 Å². The predicted molar refractivity (Wildman–Crippen MR) is 71.9 cm³/mol. The van der Waals surface area contributed by atoms with Gasteiger partial charge >= 0.3 is 0 Å². The first-order valence-electron chi connectivity index (χ1n) is 5.89. The maximum absolute atomic E-state index is 11.9. The first-order valence-corrected chi connectivity index (χ1v) is 8.36. The summed E-state index contributed by atoms with van der Waals surface area (Å²) in [6.45, 7) is 3.37. The Morgan fingerprint density at radius 3 is 2.78 bits per heavy atom. The summed E-state index contributed by atoms with van der Waals surface area (Å²) in [5.74, 6) is 0.0960. The van der Waals surface area contributed by atoms with Crippen LogP contribution < -0.4 is 5.32 Å². The van der Waals surface area contributed by atoms with Crippen LogP contribution in [-0.4, -0.2) is 44.6 Å². The number of ether oxygens (including phenoxy) is 1. The second-order valence-electron chi connectivity index (χ2n) is 3.82. The number of hydrogen-bond donors (Lipinski definition) is 1. The molecule has 0 aliphatic heterocycles. The van der Waals surface area contributed by atoms with Crippen LogP contribution in [0, 0.1) is 0 Å². The van der Waals surface area contributed by atoms with E-state index in [1.165, 1.54) is 0 Å². The van der Waals surface area contributed by atoms with Crippen LogP contribution in [0.5, 0.6) is 0 Å². The number of aromatic nitrogens is 2. The van der Waals surface area contributed by atoms with Crippen LogP contribution in [0.25, 0.3) is 0 Å². The second kappa shape index (κ2) is 7.65. The molecule has 1 aromatic heterocycles. The Hall–Kier alpha value is -0.730. The van der Waals surface area contributed by atoms with Gasteiger partial charge in [0.25, 0.3) is 0 Å². The number of sulfone groups is 1. The van der Waals surface area contributed by atoms with Crippen LogP contribution in [-0.2, 0) is 14.6 Å². The van der Waals surface area contributed by atoms with Gasteiger partial charge in [0.15, 0.2) is 0 Å². The first kappa shape index (κ1) is 15.3. The fourth-order valence-electron chi connectivity index (χ4n) is 1.26. The van der Waals surface area contributed by atoms with Crippen LogP contribution in [0.1, 0.15) is 26.2 Å². The molecule has 1 aromatic rings. The van der Waals surface area contributed by atoms with Crippen molar-refractivity contribution in [1.82, 2.24) is 10.2 Å². The summed E-state index contributed by atoms with van der Waals surface area (Å²) < 4.78 is 28.8. The molecule has 0 bridgehead atoms. The largest absolute Gasteiger partial charge is 0.385 e. The zero-order chi connectivity index (χ0) is 13.4. The maximum atomic E-state index is 11.9. The van der Waals surface area contributed by atoms with Gasteiger partial charge in [0.1, 0.15) is 0 Å². The van der Waals surface area contributed by atoms with Gasteiger partial charge in [-0.25, -0.2) is 8.42 Å². The molecule has 0 saturated heterocycles. The molecule has 1 rings (SSSR count). The van der Waals surface area contributed by atoms with E-state index in [2.05, 4.69) is 15.5 Å². The zero-order valence-electron chi connectivity index (χ0n) is 10.7. The van der Waals surface area contributed by atoms with E-state index in [-0.39, 0.29) is 10.1 Å². The highest BCUT2D eigenvalue weighted by Crippen LogP contribution is 2.21. The highest BCUT2D eigenvalue weighted by Gasteiger charge is 2.19. The highest BCUT2D eigenvalue weighted by atomic mass is 32.2. The number of hydrogen-bond acceptors (Lipinski definition) is 7. The van der Waals surface area contributed by atoms with Crippen LogP contribution >= 0.6 is 11.3 Å². The van der Waals surface area contributed by atoms with E-state index >= 15 is 0 Å². The van der Waals surface area contributed by atoms with Crippen molar-refractivity contribution < 1.29 is 13.2 Å². The predicted octanol–water partition coefficient (Wildman–Crippen LogP) is 1.56. The van der Waals surface area contributed by atoms with Gasteiger partial charge in [0, 0.05) is 20.3 Å². The Balaban J connectivity index is 2.53. The molecule has 0 aliphatic rings. The summed E-state index contributed by atoms with van der Waals surface area (Å²) in [4.78, 5) is 0. The Bertz CT molecular complexity index is 445. The normalized spacial score (nSPS) is 11.7. The summed E-state index contributed by atoms with van der Waals surface area (Å²) in [7, 11) is -1.69. The van der Waals surface area contributed by atoms with Crippen molar-refractivity contribution in [3.8, 4) is 0 Å². The minimum absolute atomic E-state index is 0.0959. The standard InChI is InChI=1S/C10H19N3O3S2/c1-3-6-11-9-12-13-10(17-9)18(14,15)8-5-4-7-16-2/h3-8H2,1-2H3,(H,11,12). The molecule has 8 heteroatoms. The Morgan fingerprint density at radius 1 is 1.33 bits per heavy atom. The third-order valence-electron chi connectivity index (χ3n) is 2.21. The molecular weight excluding hydrogens is 274 g/mol. The van der Waals surface area contributed by atoms with Gasteiger partial charge < -0.3 is 10.1 Å². The van der Waals surface area contributed by atoms with Crippen LogP contribution in [0.15, 0.2) is 4.34 Å². The summed E-state index contributed by atoms with van der Waals surface area (Å²) >= 11 is 1.09. The van der Waals surface area contributed by atoms with E-state index < -0.39 is 9.84 Å². The van der Waals surface area contributed by atoms with E-state index in [9.17, 15) is 8.42 Å². The summed E-state index contributed by atoms with van der Waals surface area (Å²) in [6, 6.07) is 0. The van der Waals surface area contributed by atoms with Crippen LogP contribution in [0.4, 0.5) is 5.13 Å².